The van der Waals surface area contributed by atoms with Crippen molar-refractivity contribution in [1.82, 2.24) is 5.43 Å². The van der Waals surface area contributed by atoms with Gasteiger partial charge in [-0.05, 0) is 63.3 Å². The van der Waals surface area contributed by atoms with Crippen LogP contribution in [0, 0.1) is 0 Å². The van der Waals surface area contributed by atoms with E-state index in [4.69, 9.17) is 9.47 Å². The lowest BCUT2D eigenvalue weighted by Crippen LogP contribution is -2.20. The highest BCUT2D eigenvalue weighted by Crippen LogP contribution is 2.29. The fourth-order valence-electron chi connectivity index (χ4n) is 2.94. The standard InChI is InChI=1S/C21H30N2O3/c1-5-6-7-9-16-10-8-11-18(16)22-23-21(24)17-12-13-19(26-15(2)3)20(14-17)25-4/h10,12-15H,5-9,11H2,1-4H3,(H,23,24)/b22-18+. The number of allylic oxidation sites excluding steroid dienone is 2. The van der Waals surface area contributed by atoms with E-state index in [2.05, 4.69) is 23.5 Å². The number of nitrogens with one attached hydrogen (secondary N) is 1. The van der Waals surface area contributed by atoms with Crippen molar-refractivity contribution in [3.63, 3.8) is 0 Å². The molecule has 0 saturated carbocycles. The van der Waals surface area contributed by atoms with Gasteiger partial charge in [0.05, 0.1) is 18.9 Å². The van der Waals surface area contributed by atoms with E-state index in [9.17, 15) is 4.79 Å². The average Bonchev–Trinajstić information content (AvgIpc) is 3.07. The minimum absolute atomic E-state index is 0.0373. The first-order valence-corrected chi connectivity index (χ1v) is 9.46. The molecule has 1 N–H and O–H groups in total. The number of nitrogens with zero attached hydrogens (tertiary/aromatic N) is 1. The summed E-state index contributed by atoms with van der Waals surface area (Å²) in [5, 5.41) is 4.36. The maximum absolute atomic E-state index is 12.4. The van der Waals surface area contributed by atoms with Crippen molar-refractivity contribution in [2.45, 2.75) is 65.4 Å². The molecule has 1 aromatic carbocycles. The van der Waals surface area contributed by atoms with Gasteiger partial charge >= 0.3 is 0 Å². The number of carbonyl (C=O) groups excluding carboxylic acids is 1. The predicted molar refractivity (Wildman–Crippen MR) is 105 cm³/mol. The van der Waals surface area contributed by atoms with Crippen LogP contribution in [0.2, 0.25) is 0 Å². The van der Waals surface area contributed by atoms with Gasteiger partial charge in [0.15, 0.2) is 11.5 Å². The van der Waals surface area contributed by atoms with Crippen LogP contribution in [0.3, 0.4) is 0 Å². The minimum atomic E-state index is -0.244. The molecule has 1 aromatic rings. The van der Waals surface area contributed by atoms with Crippen LogP contribution in [0.1, 0.15) is 69.7 Å². The highest BCUT2D eigenvalue weighted by molar-refractivity contribution is 6.03. The van der Waals surface area contributed by atoms with Gasteiger partial charge in [-0.2, -0.15) is 5.10 Å². The molecule has 1 aliphatic carbocycles. The Labute approximate surface area is 156 Å². The van der Waals surface area contributed by atoms with Gasteiger partial charge < -0.3 is 9.47 Å². The van der Waals surface area contributed by atoms with Crippen molar-refractivity contribution in [3.05, 3.63) is 35.4 Å². The normalized spacial score (nSPS) is 15.3. The largest absolute Gasteiger partial charge is 0.493 e. The number of amides is 1. The molecule has 2 rings (SSSR count). The van der Waals surface area contributed by atoms with Crippen LogP contribution in [0.4, 0.5) is 0 Å². The summed E-state index contributed by atoms with van der Waals surface area (Å²) < 4.78 is 11.0. The molecule has 0 aliphatic heterocycles. The first-order chi connectivity index (χ1) is 12.5. The van der Waals surface area contributed by atoms with Gasteiger partial charge in [-0.15, -0.1) is 0 Å². The third-order valence-electron chi connectivity index (χ3n) is 4.27. The van der Waals surface area contributed by atoms with Crippen molar-refractivity contribution in [2.24, 2.45) is 5.10 Å². The van der Waals surface area contributed by atoms with Crippen LogP contribution in [0.5, 0.6) is 11.5 Å². The van der Waals surface area contributed by atoms with Crippen LogP contribution >= 0.6 is 0 Å². The summed E-state index contributed by atoms with van der Waals surface area (Å²) in [5.41, 5.74) is 5.46. The van der Waals surface area contributed by atoms with Crippen molar-refractivity contribution in [1.29, 1.82) is 0 Å². The molecule has 0 unspecified atom stereocenters. The topological polar surface area (TPSA) is 59.9 Å². The number of methoxy groups -OCH3 is 1. The first-order valence-electron chi connectivity index (χ1n) is 9.46. The molecular weight excluding hydrogens is 328 g/mol. The van der Waals surface area contributed by atoms with Crippen LogP contribution < -0.4 is 14.9 Å². The Hall–Kier alpha value is -2.30. The Bertz CT molecular complexity index is 678. The molecule has 0 atom stereocenters. The number of hydrogen-bond acceptors (Lipinski definition) is 4. The number of hydrazone groups is 1. The molecule has 0 spiro atoms. The van der Waals surface area contributed by atoms with E-state index >= 15 is 0 Å². The number of ether oxygens (including phenoxy) is 2. The highest BCUT2D eigenvalue weighted by atomic mass is 16.5. The molecule has 5 nitrogen and oxygen atoms in total. The zero-order chi connectivity index (χ0) is 18.9. The van der Waals surface area contributed by atoms with E-state index in [1.165, 1.54) is 24.8 Å². The molecular formula is C21H30N2O3. The number of hydrogen-bond donors (Lipinski definition) is 1. The number of rotatable bonds is 9. The van der Waals surface area contributed by atoms with Crippen molar-refractivity contribution >= 4 is 11.6 Å². The molecule has 1 aliphatic rings. The lowest BCUT2D eigenvalue weighted by atomic mass is 10.1. The smallest absolute Gasteiger partial charge is 0.271 e. The molecule has 1 amide bonds. The quantitative estimate of drug-likeness (QED) is 0.506. The van der Waals surface area contributed by atoms with Crippen molar-refractivity contribution < 1.29 is 14.3 Å². The third-order valence-corrected chi connectivity index (χ3v) is 4.27. The molecule has 0 bridgehead atoms. The molecule has 0 radical (unpaired) electrons. The number of carbonyl (C=O) groups is 1. The van der Waals surface area contributed by atoms with Gasteiger partial charge in [-0.3, -0.25) is 4.79 Å². The fourth-order valence-corrected chi connectivity index (χ4v) is 2.94. The van der Waals surface area contributed by atoms with Gasteiger partial charge in [0, 0.05) is 5.56 Å². The van der Waals surface area contributed by atoms with Crippen molar-refractivity contribution in [3.8, 4) is 11.5 Å². The molecule has 142 valence electrons. The van der Waals surface area contributed by atoms with Gasteiger partial charge in [0.25, 0.3) is 5.91 Å². The maximum atomic E-state index is 12.4. The molecule has 0 saturated heterocycles. The monoisotopic (exact) mass is 358 g/mol. The Morgan fingerprint density at radius 2 is 2.08 bits per heavy atom. The van der Waals surface area contributed by atoms with E-state index in [-0.39, 0.29) is 12.0 Å². The van der Waals surface area contributed by atoms with E-state index in [0.717, 1.165) is 25.0 Å². The Balaban J connectivity index is 2.02. The highest BCUT2D eigenvalue weighted by Gasteiger charge is 2.15. The zero-order valence-electron chi connectivity index (χ0n) is 16.3. The lowest BCUT2D eigenvalue weighted by Gasteiger charge is -2.14. The summed E-state index contributed by atoms with van der Waals surface area (Å²) in [7, 11) is 1.57. The molecule has 5 heteroatoms. The van der Waals surface area contributed by atoms with Crippen molar-refractivity contribution in [2.75, 3.05) is 7.11 Å². The summed E-state index contributed by atoms with van der Waals surface area (Å²) in [6.07, 6.45) is 8.81. The van der Waals surface area contributed by atoms with Crippen LogP contribution in [-0.2, 0) is 0 Å². The zero-order valence-corrected chi connectivity index (χ0v) is 16.3. The second-order valence-corrected chi connectivity index (χ2v) is 6.76. The van der Waals surface area contributed by atoms with E-state index in [1.54, 1.807) is 25.3 Å². The van der Waals surface area contributed by atoms with Gasteiger partial charge in [-0.25, -0.2) is 5.43 Å². The first kappa shape index (κ1) is 20.0. The van der Waals surface area contributed by atoms with Gasteiger partial charge in [-0.1, -0.05) is 25.8 Å². The maximum Gasteiger partial charge on any atom is 0.271 e. The molecule has 26 heavy (non-hydrogen) atoms. The summed E-state index contributed by atoms with van der Waals surface area (Å²) in [5.74, 6) is 0.925. The van der Waals surface area contributed by atoms with Crippen LogP contribution in [-0.4, -0.2) is 24.8 Å². The molecule has 0 fully saturated rings. The molecule has 0 aromatic heterocycles. The lowest BCUT2D eigenvalue weighted by molar-refractivity contribution is 0.0954. The Kier molecular flexibility index (Phi) is 7.70. The summed E-state index contributed by atoms with van der Waals surface area (Å²) in [4.78, 5) is 12.4. The van der Waals surface area contributed by atoms with Crippen LogP contribution in [0.15, 0.2) is 34.9 Å². The Morgan fingerprint density at radius 1 is 1.27 bits per heavy atom. The minimum Gasteiger partial charge on any atom is -0.493 e. The number of unbranched alkanes of at least 4 members (excludes halogenated alkanes) is 2. The second-order valence-electron chi connectivity index (χ2n) is 6.76. The van der Waals surface area contributed by atoms with E-state index in [0.29, 0.717) is 17.1 Å². The number of benzene rings is 1. The van der Waals surface area contributed by atoms with Crippen LogP contribution in [0.25, 0.3) is 0 Å². The predicted octanol–water partition coefficient (Wildman–Crippen LogP) is 4.87. The third kappa shape index (κ3) is 5.61. The SMILES string of the molecule is CCCCCC1=CCC/C1=N\NC(=O)c1ccc(OC(C)C)c(OC)c1. The molecule has 0 heterocycles. The van der Waals surface area contributed by atoms with Gasteiger partial charge in [0.1, 0.15) is 0 Å². The summed E-state index contributed by atoms with van der Waals surface area (Å²) in [6, 6.07) is 5.16. The second kappa shape index (κ2) is 10.00. The van der Waals surface area contributed by atoms with Gasteiger partial charge in [0.2, 0.25) is 0 Å². The van der Waals surface area contributed by atoms with E-state index < -0.39 is 0 Å². The average molecular weight is 358 g/mol. The fraction of sp³-hybridized carbons (Fsp3) is 0.524. The Morgan fingerprint density at radius 3 is 2.77 bits per heavy atom. The summed E-state index contributed by atoms with van der Waals surface area (Å²) in [6.45, 7) is 6.09. The van der Waals surface area contributed by atoms with E-state index in [1.807, 2.05) is 13.8 Å². The summed E-state index contributed by atoms with van der Waals surface area (Å²) >= 11 is 0.